The Morgan fingerprint density at radius 1 is 0.864 bits per heavy atom. The van der Waals surface area contributed by atoms with Crippen molar-refractivity contribution in [1.29, 1.82) is 0 Å². The molecule has 0 bridgehead atoms. The van der Waals surface area contributed by atoms with Crippen molar-refractivity contribution in [3.8, 4) is 0 Å². The molecule has 22 heavy (non-hydrogen) atoms. The highest BCUT2D eigenvalue weighted by Gasteiger charge is 2.29. The summed E-state index contributed by atoms with van der Waals surface area (Å²) in [6.45, 7) is 2.91. The van der Waals surface area contributed by atoms with Gasteiger partial charge < -0.3 is 4.74 Å². The predicted molar refractivity (Wildman–Crippen MR) is 96.0 cm³/mol. The summed E-state index contributed by atoms with van der Waals surface area (Å²) in [6, 6.07) is 0. The van der Waals surface area contributed by atoms with E-state index in [0.29, 0.717) is 0 Å². The molecule has 2 aliphatic carbocycles. The largest absolute Gasteiger partial charge is 0.381 e. The molecule has 0 radical (unpaired) electrons. The average molecular weight is 305 g/mol. The summed E-state index contributed by atoms with van der Waals surface area (Å²) < 4.78 is 5.10. The molecule has 2 saturated carbocycles. The van der Waals surface area contributed by atoms with Crippen molar-refractivity contribution in [2.45, 2.75) is 71.1 Å². The van der Waals surface area contributed by atoms with Gasteiger partial charge in [-0.05, 0) is 82.0 Å². The van der Waals surface area contributed by atoms with Gasteiger partial charge in [-0.1, -0.05) is 37.1 Å². The summed E-state index contributed by atoms with van der Waals surface area (Å²) in [5.41, 5.74) is 0. The highest BCUT2D eigenvalue weighted by Crippen LogP contribution is 2.42. The predicted octanol–water partition coefficient (Wildman–Crippen LogP) is 6.16. The Bertz CT molecular complexity index is 328. The molecule has 1 heteroatoms. The Labute approximate surface area is 138 Å². The molecule has 0 N–H and O–H groups in total. The summed E-state index contributed by atoms with van der Waals surface area (Å²) in [7, 11) is 1.77. The SMILES string of the molecule is C/C=C/CC[C@H]1CC[C@H]([C@H]2CC[C@H](/C=C/COC)CC2)CC1. The molecule has 1 nitrogen and oxygen atoms in total. The normalized spacial score (nSPS) is 33.7. The summed E-state index contributed by atoms with van der Waals surface area (Å²) in [5, 5.41) is 0. The molecule has 0 atom stereocenters. The van der Waals surface area contributed by atoms with Crippen LogP contribution in [0.4, 0.5) is 0 Å². The molecule has 0 aliphatic heterocycles. The standard InChI is InChI=1S/C21H36O/c1-3-4-5-7-18-9-13-20(14-10-18)21-15-11-19(12-16-21)8-6-17-22-2/h3-4,6,8,18-21H,5,7,9-17H2,1-2H3/b4-3+,8-6+/t18-,19-,20-,21-. The van der Waals surface area contributed by atoms with Crippen LogP contribution in [-0.4, -0.2) is 13.7 Å². The Morgan fingerprint density at radius 2 is 1.50 bits per heavy atom. The first-order valence-corrected chi connectivity index (χ1v) is 9.60. The number of rotatable bonds is 7. The van der Waals surface area contributed by atoms with Crippen LogP contribution < -0.4 is 0 Å². The number of allylic oxidation sites excluding steroid dienone is 3. The number of ether oxygens (including phenoxy) is 1. The van der Waals surface area contributed by atoms with E-state index in [-0.39, 0.29) is 0 Å². The Hall–Kier alpha value is -0.560. The van der Waals surface area contributed by atoms with E-state index in [1.165, 1.54) is 64.2 Å². The van der Waals surface area contributed by atoms with Gasteiger partial charge in [-0.25, -0.2) is 0 Å². The van der Waals surface area contributed by atoms with Crippen LogP contribution in [0.1, 0.15) is 71.1 Å². The van der Waals surface area contributed by atoms with E-state index in [1.54, 1.807) is 7.11 Å². The van der Waals surface area contributed by atoms with Gasteiger partial charge in [0.25, 0.3) is 0 Å². The maximum atomic E-state index is 5.10. The first kappa shape index (κ1) is 17.8. The van der Waals surface area contributed by atoms with E-state index in [4.69, 9.17) is 4.74 Å². The van der Waals surface area contributed by atoms with Crippen LogP contribution in [0.25, 0.3) is 0 Å². The number of methoxy groups -OCH3 is 1. The third-order valence-electron chi connectivity index (χ3n) is 6.02. The Balaban J connectivity index is 1.64. The molecule has 0 aromatic rings. The zero-order valence-corrected chi connectivity index (χ0v) is 14.8. The second-order valence-corrected chi connectivity index (χ2v) is 7.49. The fourth-order valence-electron chi connectivity index (χ4n) is 4.60. The zero-order chi connectivity index (χ0) is 15.6. The average Bonchev–Trinajstić information content (AvgIpc) is 2.57. The topological polar surface area (TPSA) is 9.23 Å². The fourth-order valence-corrected chi connectivity index (χ4v) is 4.60. The second-order valence-electron chi connectivity index (χ2n) is 7.49. The van der Waals surface area contributed by atoms with Crippen LogP contribution in [0.5, 0.6) is 0 Å². The molecule has 0 spiro atoms. The van der Waals surface area contributed by atoms with E-state index in [0.717, 1.165) is 30.3 Å². The highest BCUT2D eigenvalue weighted by atomic mass is 16.5. The van der Waals surface area contributed by atoms with Crippen LogP contribution in [-0.2, 0) is 4.74 Å². The third-order valence-corrected chi connectivity index (χ3v) is 6.02. The van der Waals surface area contributed by atoms with Crippen molar-refractivity contribution in [3.05, 3.63) is 24.3 Å². The Morgan fingerprint density at radius 3 is 2.09 bits per heavy atom. The molecule has 0 saturated heterocycles. The minimum atomic E-state index is 0.775. The lowest BCUT2D eigenvalue weighted by atomic mass is 9.68. The first-order valence-electron chi connectivity index (χ1n) is 9.60. The number of hydrogen-bond donors (Lipinski definition) is 0. The van der Waals surface area contributed by atoms with Crippen LogP contribution in [0.3, 0.4) is 0 Å². The van der Waals surface area contributed by atoms with Gasteiger partial charge in [0.1, 0.15) is 0 Å². The maximum absolute atomic E-state index is 5.10. The summed E-state index contributed by atoms with van der Waals surface area (Å²) in [5.74, 6) is 3.91. The van der Waals surface area contributed by atoms with Crippen molar-refractivity contribution in [2.75, 3.05) is 13.7 Å². The molecule has 0 unspecified atom stereocenters. The van der Waals surface area contributed by atoms with Crippen LogP contribution in [0.15, 0.2) is 24.3 Å². The minimum absolute atomic E-state index is 0.775. The summed E-state index contributed by atoms with van der Waals surface area (Å²) in [6.07, 6.45) is 23.6. The van der Waals surface area contributed by atoms with Crippen molar-refractivity contribution < 1.29 is 4.74 Å². The quantitative estimate of drug-likeness (QED) is 0.512. The fraction of sp³-hybridized carbons (Fsp3) is 0.810. The molecule has 2 aliphatic rings. The van der Waals surface area contributed by atoms with Crippen molar-refractivity contribution in [2.24, 2.45) is 23.7 Å². The molecule has 0 aromatic heterocycles. The van der Waals surface area contributed by atoms with Gasteiger partial charge in [-0.2, -0.15) is 0 Å². The van der Waals surface area contributed by atoms with Gasteiger partial charge in [0.2, 0.25) is 0 Å². The van der Waals surface area contributed by atoms with E-state index in [9.17, 15) is 0 Å². The first-order chi connectivity index (χ1) is 10.8. The monoisotopic (exact) mass is 304 g/mol. The van der Waals surface area contributed by atoms with Gasteiger partial charge in [-0.15, -0.1) is 0 Å². The third kappa shape index (κ3) is 5.91. The lowest BCUT2D eigenvalue weighted by molar-refractivity contribution is 0.152. The van der Waals surface area contributed by atoms with E-state index < -0.39 is 0 Å². The minimum Gasteiger partial charge on any atom is -0.381 e. The highest BCUT2D eigenvalue weighted by molar-refractivity contribution is 4.92. The maximum Gasteiger partial charge on any atom is 0.0643 e. The summed E-state index contributed by atoms with van der Waals surface area (Å²) in [4.78, 5) is 0. The van der Waals surface area contributed by atoms with Gasteiger partial charge >= 0.3 is 0 Å². The van der Waals surface area contributed by atoms with Gasteiger partial charge in [0.15, 0.2) is 0 Å². The van der Waals surface area contributed by atoms with Crippen molar-refractivity contribution >= 4 is 0 Å². The van der Waals surface area contributed by atoms with E-state index in [1.807, 2.05) is 0 Å². The number of hydrogen-bond acceptors (Lipinski definition) is 1. The molecule has 0 amide bonds. The molecule has 2 fully saturated rings. The lowest BCUT2D eigenvalue weighted by Crippen LogP contribution is -2.25. The molecular weight excluding hydrogens is 268 g/mol. The van der Waals surface area contributed by atoms with Crippen molar-refractivity contribution in [1.82, 2.24) is 0 Å². The zero-order valence-electron chi connectivity index (χ0n) is 14.8. The lowest BCUT2D eigenvalue weighted by Gasteiger charge is -2.37. The van der Waals surface area contributed by atoms with Crippen LogP contribution >= 0.6 is 0 Å². The van der Waals surface area contributed by atoms with E-state index >= 15 is 0 Å². The smallest absolute Gasteiger partial charge is 0.0643 e. The van der Waals surface area contributed by atoms with Crippen LogP contribution in [0, 0.1) is 23.7 Å². The second kappa shape index (κ2) is 10.3. The van der Waals surface area contributed by atoms with Gasteiger partial charge in [0, 0.05) is 7.11 Å². The van der Waals surface area contributed by atoms with Gasteiger partial charge in [0.05, 0.1) is 6.61 Å². The molecule has 2 rings (SSSR count). The van der Waals surface area contributed by atoms with Crippen molar-refractivity contribution in [3.63, 3.8) is 0 Å². The molecule has 126 valence electrons. The molecule has 0 heterocycles. The molecule has 0 aromatic carbocycles. The summed E-state index contributed by atoms with van der Waals surface area (Å²) >= 11 is 0. The Kier molecular flexibility index (Phi) is 8.30. The van der Waals surface area contributed by atoms with E-state index in [2.05, 4.69) is 31.2 Å². The van der Waals surface area contributed by atoms with Crippen LogP contribution in [0.2, 0.25) is 0 Å². The van der Waals surface area contributed by atoms with Gasteiger partial charge in [-0.3, -0.25) is 0 Å². The molecular formula is C21H36O.